The number of fused-ring (bicyclic) bond motifs is 1. The second-order valence-corrected chi connectivity index (χ2v) is 5.27. The number of nitrogen functional groups attached to an aromatic ring is 1. The molecule has 1 atom stereocenters. The van der Waals surface area contributed by atoms with Crippen LogP contribution >= 0.6 is 11.6 Å². The van der Waals surface area contributed by atoms with Gasteiger partial charge in [0.05, 0.1) is 10.7 Å². The Kier molecular flexibility index (Phi) is 3.47. The number of hydrogen-bond donors (Lipinski definition) is 1. The Morgan fingerprint density at radius 2 is 1.90 bits per heavy atom. The number of nitrogens with two attached hydrogens (primary N) is 1. The molecule has 2 aromatic carbocycles. The molecule has 0 bridgehead atoms. The van der Waals surface area contributed by atoms with Crippen LogP contribution in [0.15, 0.2) is 36.4 Å². The van der Waals surface area contributed by atoms with Crippen LogP contribution in [0.1, 0.15) is 22.8 Å². The van der Waals surface area contributed by atoms with Crippen molar-refractivity contribution in [1.82, 2.24) is 0 Å². The minimum Gasteiger partial charge on any atom is -0.451 e. The summed E-state index contributed by atoms with van der Waals surface area (Å²) in [5.41, 5.74) is 7.55. The molecule has 0 aromatic heterocycles. The van der Waals surface area contributed by atoms with Gasteiger partial charge in [-0.1, -0.05) is 41.9 Å². The largest absolute Gasteiger partial charge is 0.451 e. The fourth-order valence-corrected chi connectivity index (χ4v) is 2.52. The van der Waals surface area contributed by atoms with Crippen LogP contribution < -0.4 is 15.2 Å². The first-order valence-electron chi connectivity index (χ1n) is 6.58. The van der Waals surface area contributed by atoms with E-state index in [9.17, 15) is 4.79 Å². The number of anilines is 1. The lowest BCUT2D eigenvalue weighted by Gasteiger charge is -2.09. The van der Waals surface area contributed by atoms with Gasteiger partial charge in [0.1, 0.15) is 0 Å². The van der Waals surface area contributed by atoms with Crippen molar-refractivity contribution in [2.75, 3.05) is 5.73 Å². The van der Waals surface area contributed by atoms with Crippen molar-refractivity contribution in [3.05, 3.63) is 52.5 Å². The predicted octanol–water partition coefficient (Wildman–Crippen LogP) is 3.46. The van der Waals surface area contributed by atoms with E-state index in [1.165, 1.54) is 0 Å². The van der Waals surface area contributed by atoms with Crippen LogP contribution in [0.25, 0.3) is 0 Å². The molecule has 3 rings (SSSR count). The highest BCUT2D eigenvalue weighted by atomic mass is 35.5. The molecule has 1 aliphatic heterocycles. The van der Waals surface area contributed by atoms with Crippen LogP contribution in [-0.4, -0.2) is 12.1 Å². The van der Waals surface area contributed by atoms with E-state index < -0.39 is 6.29 Å². The molecule has 2 aromatic rings. The zero-order valence-corrected chi connectivity index (χ0v) is 12.2. The topological polar surface area (TPSA) is 61.5 Å². The van der Waals surface area contributed by atoms with Crippen LogP contribution in [-0.2, 0) is 6.42 Å². The molecule has 0 saturated heterocycles. The maximum atomic E-state index is 12.3. The van der Waals surface area contributed by atoms with Gasteiger partial charge in [-0.3, -0.25) is 4.79 Å². The standard InChI is InChI=1S/C16H14ClNO3/c1-9-20-15-11(7-12(17)14(18)16(15)21-9)8-13(19)10-5-3-2-4-6-10/h2-7,9H,8,18H2,1H3. The SMILES string of the molecule is CC1Oc2c(CC(=O)c3ccccc3)cc(Cl)c(N)c2O1. The Balaban J connectivity index is 1.95. The van der Waals surface area contributed by atoms with E-state index in [2.05, 4.69) is 0 Å². The predicted molar refractivity (Wildman–Crippen MR) is 81.1 cm³/mol. The average Bonchev–Trinajstić information content (AvgIpc) is 2.88. The first-order chi connectivity index (χ1) is 10.1. The third-order valence-electron chi connectivity index (χ3n) is 3.32. The number of Topliss-reactive ketones (excluding diaryl/α,β-unsaturated/α-hetero) is 1. The van der Waals surface area contributed by atoms with E-state index in [1.54, 1.807) is 25.1 Å². The minimum atomic E-state index is -0.439. The zero-order chi connectivity index (χ0) is 15.0. The fourth-order valence-electron chi connectivity index (χ4n) is 2.31. The molecule has 0 amide bonds. The van der Waals surface area contributed by atoms with Crippen molar-refractivity contribution in [2.24, 2.45) is 0 Å². The van der Waals surface area contributed by atoms with Gasteiger partial charge in [0.25, 0.3) is 0 Å². The van der Waals surface area contributed by atoms with Crippen LogP contribution in [0.2, 0.25) is 5.02 Å². The van der Waals surface area contributed by atoms with Crippen molar-refractivity contribution < 1.29 is 14.3 Å². The molecule has 1 heterocycles. The lowest BCUT2D eigenvalue weighted by atomic mass is 10.0. The number of hydrogen-bond acceptors (Lipinski definition) is 4. The summed E-state index contributed by atoms with van der Waals surface area (Å²) in [4.78, 5) is 12.3. The van der Waals surface area contributed by atoms with E-state index in [0.29, 0.717) is 33.3 Å². The molecule has 21 heavy (non-hydrogen) atoms. The molecule has 0 spiro atoms. The summed E-state index contributed by atoms with van der Waals surface area (Å²) < 4.78 is 11.1. The smallest absolute Gasteiger partial charge is 0.238 e. The number of halogens is 1. The Bertz CT molecular complexity index is 700. The second kappa shape index (κ2) is 5.30. The van der Waals surface area contributed by atoms with Gasteiger partial charge < -0.3 is 15.2 Å². The first kappa shape index (κ1) is 13.8. The fraction of sp³-hybridized carbons (Fsp3) is 0.188. The van der Waals surface area contributed by atoms with Crippen LogP contribution in [0.5, 0.6) is 11.5 Å². The van der Waals surface area contributed by atoms with Crippen LogP contribution in [0.4, 0.5) is 5.69 Å². The third kappa shape index (κ3) is 2.54. The maximum Gasteiger partial charge on any atom is 0.238 e. The van der Waals surface area contributed by atoms with Gasteiger partial charge in [-0.25, -0.2) is 0 Å². The van der Waals surface area contributed by atoms with Gasteiger partial charge in [-0.15, -0.1) is 0 Å². The normalized spacial score (nSPS) is 16.0. The van der Waals surface area contributed by atoms with E-state index in [-0.39, 0.29) is 12.2 Å². The lowest BCUT2D eigenvalue weighted by Crippen LogP contribution is -2.12. The van der Waals surface area contributed by atoms with E-state index >= 15 is 0 Å². The molecule has 0 fully saturated rings. The molecule has 1 aliphatic rings. The summed E-state index contributed by atoms with van der Waals surface area (Å²) in [5, 5.41) is 0.363. The summed E-state index contributed by atoms with van der Waals surface area (Å²) in [6, 6.07) is 10.7. The monoisotopic (exact) mass is 303 g/mol. The Morgan fingerprint density at radius 1 is 1.24 bits per heavy atom. The van der Waals surface area contributed by atoms with Gasteiger partial charge in [0.2, 0.25) is 6.29 Å². The molecule has 108 valence electrons. The number of carbonyl (C=O) groups excluding carboxylic acids is 1. The molecular weight excluding hydrogens is 290 g/mol. The second-order valence-electron chi connectivity index (χ2n) is 4.86. The molecule has 2 N–H and O–H groups in total. The van der Waals surface area contributed by atoms with Crippen molar-refractivity contribution in [2.45, 2.75) is 19.6 Å². The number of carbonyl (C=O) groups is 1. The highest BCUT2D eigenvalue weighted by Crippen LogP contribution is 2.46. The Labute approximate surface area is 127 Å². The van der Waals surface area contributed by atoms with Gasteiger partial charge >= 0.3 is 0 Å². The Morgan fingerprint density at radius 3 is 2.62 bits per heavy atom. The minimum absolute atomic E-state index is 0.0122. The summed E-state index contributed by atoms with van der Waals surface area (Å²) in [5.74, 6) is 0.918. The zero-order valence-electron chi connectivity index (χ0n) is 11.4. The molecule has 1 unspecified atom stereocenters. The number of ether oxygens (including phenoxy) is 2. The molecule has 0 aliphatic carbocycles. The van der Waals surface area contributed by atoms with Crippen molar-refractivity contribution >= 4 is 23.1 Å². The quantitative estimate of drug-likeness (QED) is 0.696. The number of rotatable bonds is 3. The summed E-state index contributed by atoms with van der Waals surface area (Å²) >= 11 is 6.10. The van der Waals surface area contributed by atoms with Crippen molar-refractivity contribution in [3.8, 4) is 11.5 Å². The highest BCUT2D eigenvalue weighted by Gasteiger charge is 2.28. The molecule has 0 saturated carbocycles. The molecule has 4 nitrogen and oxygen atoms in total. The van der Waals surface area contributed by atoms with Gasteiger partial charge in [-0.05, 0) is 6.07 Å². The molecule has 0 radical (unpaired) electrons. The lowest BCUT2D eigenvalue weighted by molar-refractivity contribution is 0.0675. The average molecular weight is 304 g/mol. The molecular formula is C16H14ClNO3. The first-order valence-corrected chi connectivity index (χ1v) is 6.96. The van der Waals surface area contributed by atoms with Crippen molar-refractivity contribution in [1.29, 1.82) is 0 Å². The summed E-state index contributed by atoms with van der Waals surface area (Å²) in [7, 11) is 0. The van der Waals surface area contributed by atoms with Crippen LogP contribution in [0.3, 0.4) is 0 Å². The Hall–Kier alpha value is -2.20. The van der Waals surface area contributed by atoms with Gasteiger partial charge in [0, 0.05) is 24.5 Å². The third-order valence-corrected chi connectivity index (χ3v) is 3.63. The van der Waals surface area contributed by atoms with E-state index in [1.807, 2.05) is 18.2 Å². The van der Waals surface area contributed by atoms with E-state index in [0.717, 1.165) is 0 Å². The van der Waals surface area contributed by atoms with Gasteiger partial charge in [-0.2, -0.15) is 0 Å². The van der Waals surface area contributed by atoms with Crippen molar-refractivity contribution in [3.63, 3.8) is 0 Å². The van der Waals surface area contributed by atoms with E-state index in [4.69, 9.17) is 26.8 Å². The highest BCUT2D eigenvalue weighted by molar-refractivity contribution is 6.33. The summed E-state index contributed by atoms with van der Waals surface area (Å²) in [6.07, 6.45) is -0.256. The maximum absolute atomic E-state index is 12.3. The van der Waals surface area contributed by atoms with Crippen LogP contribution in [0, 0.1) is 0 Å². The number of benzene rings is 2. The van der Waals surface area contributed by atoms with Gasteiger partial charge in [0.15, 0.2) is 17.3 Å². The molecule has 5 heteroatoms. The summed E-state index contributed by atoms with van der Waals surface area (Å²) in [6.45, 7) is 1.76. The number of ketones is 1.